The molecule has 0 amide bonds. The molecule has 0 saturated heterocycles. The van der Waals surface area contributed by atoms with Crippen LogP contribution in [0.2, 0.25) is 0 Å². The maximum atomic E-state index is 5.98. The largest absolute Gasteiger partial charge is 0.440 e. The van der Waals surface area contributed by atoms with Crippen LogP contribution in [0.3, 0.4) is 0 Å². The molecule has 0 unspecified atom stereocenters. The van der Waals surface area contributed by atoms with Crippen LogP contribution >= 0.6 is 11.8 Å². The summed E-state index contributed by atoms with van der Waals surface area (Å²) >= 11 is 1.41. The van der Waals surface area contributed by atoms with E-state index in [9.17, 15) is 0 Å². The number of rotatable bonds is 4. The first-order valence-electron chi connectivity index (χ1n) is 5.12. The Morgan fingerprint density at radius 3 is 3.00 bits per heavy atom. The standard InChI is InChI=1S/C10H14N4OS/c1-3-5-14-9(8(11)7(2)13-14)16-10-12-4-6-15-10/h4,6H,3,5,11H2,1-2H3. The predicted octanol–water partition coefficient (Wildman–Crippen LogP) is 2.32. The Kier molecular flexibility index (Phi) is 3.19. The molecule has 6 heteroatoms. The number of nitrogens with zero attached hydrogens (tertiary/aromatic N) is 3. The zero-order chi connectivity index (χ0) is 11.5. The van der Waals surface area contributed by atoms with Crippen molar-refractivity contribution >= 4 is 17.4 Å². The van der Waals surface area contributed by atoms with Crippen LogP contribution in [-0.2, 0) is 6.54 Å². The maximum absolute atomic E-state index is 5.98. The van der Waals surface area contributed by atoms with E-state index in [0.717, 1.165) is 23.7 Å². The van der Waals surface area contributed by atoms with E-state index in [1.165, 1.54) is 11.8 Å². The smallest absolute Gasteiger partial charge is 0.262 e. The number of nitrogens with two attached hydrogens (primary N) is 1. The van der Waals surface area contributed by atoms with Gasteiger partial charge in [-0.15, -0.1) is 0 Å². The lowest BCUT2D eigenvalue weighted by Gasteiger charge is -2.03. The van der Waals surface area contributed by atoms with Crippen LogP contribution in [-0.4, -0.2) is 14.8 Å². The third kappa shape index (κ3) is 2.06. The molecule has 2 N–H and O–H groups in total. The van der Waals surface area contributed by atoms with Crippen LogP contribution in [0.1, 0.15) is 19.0 Å². The van der Waals surface area contributed by atoms with Gasteiger partial charge in [-0.1, -0.05) is 6.92 Å². The summed E-state index contributed by atoms with van der Waals surface area (Å²) in [6.07, 6.45) is 4.18. The number of hydrogen-bond donors (Lipinski definition) is 1. The van der Waals surface area contributed by atoms with Gasteiger partial charge in [0.05, 0.1) is 17.6 Å². The van der Waals surface area contributed by atoms with Gasteiger partial charge in [-0.3, -0.25) is 4.68 Å². The summed E-state index contributed by atoms with van der Waals surface area (Å²) in [5.74, 6) is 0. The first-order chi connectivity index (χ1) is 7.72. The summed E-state index contributed by atoms with van der Waals surface area (Å²) in [4.78, 5) is 4.06. The van der Waals surface area contributed by atoms with Crippen molar-refractivity contribution in [2.24, 2.45) is 0 Å². The summed E-state index contributed by atoms with van der Waals surface area (Å²) in [7, 11) is 0. The number of aryl methyl sites for hydroxylation is 2. The van der Waals surface area contributed by atoms with Gasteiger partial charge in [0.1, 0.15) is 11.3 Å². The van der Waals surface area contributed by atoms with E-state index in [4.69, 9.17) is 10.2 Å². The summed E-state index contributed by atoms with van der Waals surface area (Å²) in [5, 5.41) is 5.87. The number of aromatic nitrogens is 3. The molecule has 5 nitrogen and oxygen atoms in total. The lowest BCUT2D eigenvalue weighted by molar-refractivity contribution is 0.452. The quantitative estimate of drug-likeness (QED) is 0.885. The molecule has 0 aliphatic carbocycles. The van der Waals surface area contributed by atoms with Gasteiger partial charge in [-0.25, -0.2) is 4.98 Å². The molecule has 2 heterocycles. The van der Waals surface area contributed by atoms with Gasteiger partial charge in [0.2, 0.25) is 0 Å². The molecule has 0 bridgehead atoms. The van der Waals surface area contributed by atoms with Crippen molar-refractivity contribution in [3.63, 3.8) is 0 Å². The number of anilines is 1. The average Bonchev–Trinajstić information content (AvgIpc) is 2.84. The number of nitrogen functional groups attached to an aromatic ring is 1. The Morgan fingerprint density at radius 1 is 1.56 bits per heavy atom. The van der Waals surface area contributed by atoms with E-state index in [2.05, 4.69) is 17.0 Å². The maximum Gasteiger partial charge on any atom is 0.262 e. The van der Waals surface area contributed by atoms with Gasteiger partial charge < -0.3 is 10.2 Å². The van der Waals surface area contributed by atoms with Gasteiger partial charge in [0, 0.05) is 6.54 Å². The average molecular weight is 238 g/mol. The van der Waals surface area contributed by atoms with Crippen molar-refractivity contribution in [2.75, 3.05) is 5.73 Å². The molecule has 0 aliphatic rings. The zero-order valence-corrected chi connectivity index (χ0v) is 10.1. The predicted molar refractivity (Wildman–Crippen MR) is 62.3 cm³/mol. The summed E-state index contributed by atoms with van der Waals surface area (Å²) < 4.78 is 7.09. The molecule has 86 valence electrons. The Labute approximate surface area is 98.0 Å². The van der Waals surface area contributed by atoms with E-state index in [-0.39, 0.29) is 0 Å². The molecule has 0 aliphatic heterocycles. The summed E-state index contributed by atoms with van der Waals surface area (Å²) in [5.41, 5.74) is 7.53. The molecule has 2 aromatic heterocycles. The first-order valence-corrected chi connectivity index (χ1v) is 5.94. The van der Waals surface area contributed by atoms with Crippen LogP contribution in [0, 0.1) is 6.92 Å². The molecule has 0 radical (unpaired) electrons. The highest BCUT2D eigenvalue weighted by atomic mass is 32.2. The SMILES string of the molecule is CCCn1nc(C)c(N)c1Sc1ncco1. The molecule has 0 aromatic carbocycles. The van der Waals surface area contributed by atoms with Crippen molar-refractivity contribution in [2.45, 2.75) is 37.1 Å². The zero-order valence-electron chi connectivity index (χ0n) is 9.30. The highest BCUT2D eigenvalue weighted by Crippen LogP contribution is 2.32. The third-order valence-corrected chi connectivity index (χ3v) is 3.15. The molecule has 16 heavy (non-hydrogen) atoms. The molecular weight excluding hydrogens is 224 g/mol. The summed E-state index contributed by atoms with van der Waals surface area (Å²) in [6.45, 7) is 4.86. The van der Waals surface area contributed by atoms with E-state index < -0.39 is 0 Å². The van der Waals surface area contributed by atoms with Crippen LogP contribution in [0.15, 0.2) is 27.1 Å². The minimum Gasteiger partial charge on any atom is -0.440 e. The molecule has 2 rings (SSSR count). The fourth-order valence-corrected chi connectivity index (χ4v) is 2.27. The van der Waals surface area contributed by atoms with Gasteiger partial charge in [0.25, 0.3) is 5.22 Å². The summed E-state index contributed by atoms with van der Waals surface area (Å²) in [6, 6.07) is 0. The van der Waals surface area contributed by atoms with Gasteiger partial charge in [-0.2, -0.15) is 5.10 Å². The molecular formula is C10H14N4OS. The first kappa shape index (κ1) is 11.1. The highest BCUT2D eigenvalue weighted by molar-refractivity contribution is 7.99. The Hall–Kier alpha value is -1.43. The molecule has 0 saturated carbocycles. The minimum absolute atomic E-state index is 0.587. The lowest BCUT2D eigenvalue weighted by Crippen LogP contribution is -2.01. The van der Waals surface area contributed by atoms with Gasteiger partial charge >= 0.3 is 0 Å². The van der Waals surface area contributed by atoms with Crippen molar-refractivity contribution in [3.8, 4) is 0 Å². The number of hydrogen-bond acceptors (Lipinski definition) is 5. The Morgan fingerprint density at radius 2 is 2.38 bits per heavy atom. The Balaban J connectivity index is 2.30. The van der Waals surface area contributed by atoms with Crippen molar-refractivity contribution in [1.29, 1.82) is 0 Å². The van der Waals surface area contributed by atoms with Crippen molar-refractivity contribution in [1.82, 2.24) is 14.8 Å². The Bertz CT molecular complexity index is 463. The molecule has 2 aromatic rings. The minimum atomic E-state index is 0.587. The second-order valence-corrected chi connectivity index (χ2v) is 4.37. The van der Waals surface area contributed by atoms with E-state index in [0.29, 0.717) is 10.9 Å². The monoisotopic (exact) mass is 238 g/mol. The second-order valence-electron chi connectivity index (χ2n) is 3.43. The topological polar surface area (TPSA) is 69.9 Å². The number of oxazole rings is 1. The normalized spacial score (nSPS) is 10.9. The lowest BCUT2D eigenvalue weighted by atomic mass is 10.4. The fraction of sp³-hybridized carbons (Fsp3) is 0.400. The highest BCUT2D eigenvalue weighted by Gasteiger charge is 2.15. The molecule has 0 spiro atoms. The second kappa shape index (κ2) is 4.61. The van der Waals surface area contributed by atoms with E-state index >= 15 is 0 Å². The van der Waals surface area contributed by atoms with Crippen LogP contribution in [0.4, 0.5) is 5.69 Å². The van der Waals surface area contributed by atoms with Gasteiger partial charge in [0.15, 0.2) is 0 Å². The van der Waals surface area contributed by atoms with Crippen LogP contribution < -0.4 is 5.73 Å². The van der Waals surface area contributed by atoms with Crippen LogP contribution in [0.25, 0.3) is 0 Å². The molecule has 0 atom stereocenters. The van der Waals surface area contributed by atoms with E-state index in [1.54, 1.807) is 12.5 Å². The fourth-order valence-electron chi connectivity index (χ4n) is 1.39. The third-order valence-electron chi connectivity index (χ3n) is 2.15. The van der Waals surface area contributed by atoms with Crippen molar-refractivity contribution < 1.29 is 4.42 Å². The van der Waals surface area contributed by atoms with E-state index in [1.807, 2.05) is 11.6 Å². The van der Waals surface area contributed by atoms with Gasteiger partial charge in [-0.05, 0) is 25.1 Å². The molecule has 0 fully saturated rings. The van der Waals surface area contributed by atoms with Crippen molar-refractivity contribution in [3.05, 3.63) is 18.2 Å². The van der Waals surface area contributed by atoms with Crippen LogP contribution in [0.5, 0.6) is 0 Å².